The van der Waals surface area contributed by atoms with Gasteiger partial charge in [-0.1, -0.05) is 6.92 Å². The number of Topliss-reactive ketones (excluding diaryl/α,β-unsaturated/α-hetero) is 1. The zero-order valence-electron chi connectivity index (χ0n) is 25.1. The Morgan fingerprint density at radius 3 is 2.50 bits per heavy atom. The molecule has 0 radical (unpaired) electrons. The summed E-state index contributed by atoms with van der Waals surface area (Å²) in [6.07, 6.45) is 17.6. The largest absolute Gasteiger partial charge is 0.357 e. The van der Waals surface area contributed by atoms with E-state index in [0.717, 1.165) is 75.0 Å². The van der Waals surface area contributed by atoms with Crippen molar-refractivity contribution in [2.45, 2.75) is 83.2 Å². The van der Waals surface area contributed by atoms with Crippen LogP contribution in [0.3, 0.4) is 0 Å². The number of rotatable bonds is 7. The van der Waals surface area contributed by atoms with E-state index in [-0.39, 0.29) is 17.4 Å². The van der Waals surface area contributed by atoms with Crippen LogP contribution in [0, 0.1) is 16.7 Å². The van der Waals surface area contributed by atoms with Crippen molar-refractivity contribution in [3.05, 3.63) is 48.7 Å². The average molecular weight is 592 g/mol. The number of nitrogens with zero attached hydrogens (tertiary/aromatic N) is 8. The second-order valence-electron chi connectivity index (χ2n) is 12.5. The number of amides is 1. The van der Waals surface area contributed by atoms with Crippen LogP contribution in [0.15, 0.2) is 43.1 Å². The van der Waals surface area contributed by atoms with Crippen LogP contribution in [-0.2, 0) is 9.59 Å². The molecular weight excluding hydrogens is 554 g/mol. The zero-order valence-corrected chi connectivity index (χ0v) is 25.1. The molecule has 1 saturated heterocycles. The lowest BCUT2D eigenvalue weighted by Crippen LogP contribution is -2.52. The Kier molecular flexibility index (Phi) is 7.36. The molecule has 0 atom stereocenters. The van der Waals surface area contributed by atoms with E-state index in [9.17, 15) is 14.9 Å². The lowest BCUT2D eigenvalue weighted by molar-refractivity contribution is -0.134. The maximum absolute atomic E-state index is 13.2. The number of hydrogen-bond donors (Lipinski definition) is 1. The molecule has 7 rings (SSSR count). The Hall–Kier alpha value is -4.59. The summed E-state index contributed by atoms with van der Waals surface area (Å²) < 4.78 is 3.64. The molecule has 11 heteroatoms. The van der Waals surface area contributed by atoms with Gasteiger partial charge in [0, 0.05) is 55.5 Å². The third-order valence-corrected chi connectivity index (χ3v) is 10.1. The van der Waals surface area contributed by atoms with Crippen LogP contribution in [0.4, 0.5) is 5.82 Å². The van der Waals surface area contributed by atoms with Crippen molar-refractivity contribution in [1.82, 2.24) is 34.7 Å². The SMILES string of the molecule is CCC1(C(=O)NC2CCC2)CCN(c2ccc(-c3nc(-c4cnn(C5CCC(=O)CC5)c4)cn4ncc(C#N)c34)cn2)CC1. The number of anilines is 1. The quantitative estimate of drug-likeness (QED) is 0.322. The predicted octanol–water partition coefficient (Wildman–Crippen LogP) is 4.88. The van der Waals surface area contributed by atoms with E-state index >= 15 is 0 Å². The fourth-order valence-electron chi connectivity index (χ4n) is 6.80. The highest BCUT2D eigenvalue weighted by Gasteiger charge is 2.41. The topological polar surface area (TPSA) is 134 Å². The van der Waals surface area contributed by atoms with Crippen molar-refractivity contribution >= 4 is 23.0 Å². The Labute approximate surface area is 256 Å². The molecule has 3 aliphatic rings. The summed E-state index contributed by atoms with van der Waals surface area (Å²) in [7, 11) is 0. The normalized spacial score (nSPS) is 19.1. The minimum absolute atomic E-state index is 0.200. The van der Waals surface area contributed by atoms with Gasteiger partial charge >= 0.3 is 0 Å². The molecule has 0 bridgehead atoms. The Bertz CT molecular complexity index is 1730. The number of fused-ring (bicyclic) bond motifs is 1. The van der Waals surface area contributed by atoms with Crippen molar-refractivity contribution in [3.63, 3.8) is 0 Å². The summed E-state index contributed by atoms with van der Waals surface area (Å²) in [5.74, 6) is 1.40. The van der Waals surface area contributed by atoms with Gasteiger partial charge < -0.3 is 10.2 Å². The molecule has 0 spiro atoms. The molecule has 2 saturated carbocycles. The Morgan fingerprint density at radius 1 is 1.05 bits per heavy atom. The minimum atomic E-state index is -0.306. The number of hydrogen-bond acceptors (Lipinski definition) is 8. The number of pyridine rings is 1. The van der Waals surface area contributed by atoms with E-state index < -0.39 is 0 Å². The molecule has 0 aromatic carbocycles. The number of aromatic nitrogens is 6. The first-order chi connectivity index (χ1) is 21.5. The third-order valence-electron chi connectivity index (χ3n) is 10.1. The van der Waals surface area contributed by atoms with Gasteiger partial charge in [-0.25, -0.2) is 14.5 Å². The van der Waals surface area contributed by atoms with Gasteiger partial charge in [0.15, 0.2) is 0 Å². The number of carbonyl (C=O) groups is 2. The van der Waals surface area contributed by atoms with Gasteiger partial charge in [-0.15, -0.1) is 0 Å². The summed E-state index contributed by atoms with van der Waals surface area (Å²) in [6.45, 7) is 3.67. The number of carbonyl (C=O) groups excluding carboxylic acids is 2. The van der Waals surface area contributed by atoms with Crippen LogP contribution in [-0.4, -0.2) is 60.2 Å². The van der Waals surface area contributed by atoms with Crippen LogP contribution in [0.2, 0.25) is 0 Å². The summed E-state index contributed by atoms with van der Waals surface area (Å²) in [5, 5.41) is 22.1. The fourth-order valence-corrected chi connectivity index (χ4v) is 6.80. The maximum atomic E-state index is 13.2. The molecule has 1 N–H and O–H groups in total. The Morgan fingerprint density at radius 2 is 1.84 bits per heavy atom. The summed E-state index contributed by atoms with van der Waals surface area (Å²) in [5.41, 5.74) is 3.72. The van der Waals surface area contributed by atoms with Gasteiger partial charge in [0.05, 0.1) is 41.4 Å². The van der Waals surface area contributed by atoms with E-state index in [1.165, 1.54) is 6.42 Å². The van der Waals surface area contributed by atoms with E-state index in [4.69, 9.17) is 9.97 Å². The second kappa shape index (κ2) is 11.5. The predicted molar refractivity (Wildman–Crippen MR) is 165 cm³/mol. The molecular formula is C33H37N9O2. The van der Waals surface area contributed by atoms with Crippen LogP contribution in [0.1, 0.15) is 82.7 Å². The van der Waals surface area contributed by atoms with Crippen LogP contribution in [0.25, 0.3) is 28.0 Å². The van der Waals surface area contributed by atoms with Gasteiger partial charge in [0.25, 0.3) is 0 Å². The summed E-state index contributed by atoms with van der Waals surface area (Å²) >= 11 is 0. The van der Waals surface area contributed by atoms with Crippen molar-refractivity contribution in [1.29, 1.82) is 5.26 Å². The lowest BCUT2D eigenvalue weighted by atomic mass is 9.74. The third kappa shape index (κ3) is 5.12. The average Bonchev–Trinajstić information content (AvgIpc) is 3.71. The smallest absolute Gasteiger partial charge is 0.226 e. The van der Waals surface area contributed by atoms with Gasteiger partial charge in [0.2, 0.25) is 5.91 Å². The van der Waals surface area contributed by atoms with E-state index in [1.54, 1.807) is 16.9 Å². The first kappa shape index (κ1) is 28.2. The standard InChI is InChI=1S/C33H37N9O2/c1-2-33(32(44)38-25-4-3-5-25)12-14-40(15-13-33)29-11-6-22(17-35-29)30-31-23(16-34)18-37-42(31)21-28(39-30)24-19-36-41(20-24)26-7-9-27(43)10-8-26/h6,11,17-21,25-26H,2-5,7-10,12-15H2,1H3,(H,38,44). The zero-order chi connectivity index (χ0) is 30.3. The first-order valence-corrected chi connectivity index (χ1v) is 15.8. The molecule has 0 unspecified atom stereocenters. The maximum Gasteiger partial charge on any atom is 0.226 e. The molecule has 4 aromatic heterocycles. The fraction of sp³-hybridized carbons (Fsp3) is 0.485. The van der Waals surface area contributed by atoms with Crippen LogP contribution in [0.5, 0.6) is 0 Å². The molecule has 1 amide bonds. The number of nitriles is 1. The molecule has 11 nitrogen and oxygen atoms in total. The van der Waals surface area contributed by atoms with Crippen molar-refractivity contribution in [2.75, 3.05) is 18.0 Å². The highest BCUT2D eigenvalue weighted by Crippen LogP contribution is 2.38. The van der Waals surface area contributed by atoms with Crippen LogP contribution >= 0.6 is 0 Å². The number of ketones is 1. The van der Waals surface area contributed by atoms with Gasteiger partial charge in [-0.05, 0) is 63.5 Å². The molecule has 44 heavy (non-hydrogen) atoms. The molecule has 4 aromatic rings. The molecule has 226 valence electrons. The van der Waals surface area contributed by atoms with Crippen molar-refractivity contribution in [3.8, 4) is 28.6 Å². The highest BCUT2D eigenvalue weighted by atomic mass is 16.2. The molecule has 1 aliphatic heterocycles. The minimum Gasteiger partial charge on any atom is -0.357 e. The van der Waals surface area contributed by atoms with E-state index in [0.29, 0.717) is 47.1 Å². The molecule has 3 fully saturated rings. The van der Waals surface area contributed by atoms with Crippen LogP contribution < -0.4 is 10.2 Å². The van der Waals surface area contributed by atoms with Gasteiger partial charge in [-0.2, -0.15) is 15.5 Å². The monoisotopic (exact) mass is 591 g/mol. The second-order valence-corrected chi connectivity index (χ2v) is 12.5. The van der Waals surface area contributed by atoms with Gasteiger partial charge in [-0.3, -0.25) is 14.3 Å². The highest BCUT2D eigenvalue weighted by molar-refractivity contribution is 5.84. The Balaban J connectivity index is 1.13. The number of piperidine rings is 1. The van der Waals surface area contributed by atoms with E-state index in [1.807, 2.05) is 35.4 Å². The first-order valence-electron chi connectivity index (χ1n) is 15.8. The summed E-state index contributed by atoms with van der Waals surface area (Å²) in [4.78, 5) is 36.9. The van der Waals surface area contributed by atoms with E-state index in [2.05, 4.69) is 33.4 Å². The summed E-state index contributed by atoms with van der Waals surface area (Å²) in [6, 6.07) is 6.80. The van der Waals surface area contributed by atoms with Crippen molar-refractivity contribution in [2.24, 2.45) is 5.41 Å². The van der Waals surface area contributed by atoms with Crippen molar-refractivity contribution < 1.29 is 9.59 Å². The molecule has 5 heterocycles. The lowest BCUT2D eigenvalue weighted by Gasteiger charge is -2.42. The van der Waals surface area contributed by atoms with Gasteiger partial charge in [0.1, 0.15) is 28.8 Å². The molecule has 2 aliphatic carbocycles. The number of nitrogens with one attached hydrogen (secondary N) is 1.